The molecule has 25 heteroatoms. The van der Waals surface area contributed by atoms with Crippen LogP contribution in [0.3, 0.4) is 0 Å². The van der Waals surface area contributed by atoms with Gasteiger partial charge in [-0.05, 0) is 130 Å². The Bertz CT molecular complexity index is 3390. The molecule has 5 heterocycles. The zero-order valence-electron chi connectivity index (χ0n) is 44.7. The molecule has 19 nitrogen and oxygen atoms in total. The van der Waals surface area contributed by atoms with Crippen LogP contribution in [0.1, 0.15) is 91.1 Å². The zero-order chi connectivity index (χ0) is 58.0. The number of carbonyl (C=O) groups is 4. The Labute approximate surface area is 468 Å². The molecule has 3 fully saturated rings. The first-order valence-corrected chi connectivity index (χ1v) is 26.7. The fourth-order valence-corrected chi connectivity index (χ4v) is 9.57. The molecule has 5 N–H and O–H groups in total. The minimum atomic E-state index is -4.54. The first-order chi connectivity index (χ1) is 39.4. The number of nitrogens with zero attached hydrogens (tertiary/aromatic N) is 10. The van der Waals surface area contributed by atoms with Crippen molar-refractivity contribution < 1.29 is 50.3 Å². The molecule has 3 aliphatic rings. The van der Waals surface area contributed by atoms with Crippen molar-refractivity contribution >= 4 is 58.3 Å². The number of piperidine rings is 2. The summed E-state index contributed by atoms with van der Waals surface area (Å²) in [4.78, 5) is 69.6. The second-order valence-electron chi connectivity index (χ2n) is 19.8. The zero-order valence-corrected chi connectivity index (χ0v) is 44.7. The van der Waals surface area contributed by atoms with E-state index in [0.717, 1.165) is 112 Å². The van der Waals surface area contributed by atoms with E-state index in [4.69, 9.17) is 10.5 Å². The molecule has 430 valence electrons. The number of anilines is 6. The molecule has 0 saturated carbocycles. The predicted molar refractivity (Wildman–Crippen MR) is 297 cm³/mol. The third kappa shape index (κ3) is 14.7. The van der Waals surface area contributed by atoms with E-state index in [1.165, 1.54) is 54.1 Å². The minimum Gasteiger partial charge on any atom is -0.398 e. The van der Waals surface area contributed by atoms with Crippen LogP contribution in [-0.2, 0) is 17.1 Å². The number of likely N-dealkylation sites (N-methyl/N-ethyl adjacent to an activating group) is 1. The highest BCUT2D eigenvalue weighted by atomic mass is 19.4. The third-order valence-electron chi connectivity index (χ3n) is 14.1. The number of carbonyl (C=O) groups excluding carboxylic acids is 4. The number of nitrogens with one attached hydrogen (secondary N) is 3. The molecule has 7 aromatic rings. The average Bonchev–Trinajstić information content (AvgIpc) is 4.33. The molecule has 4 amide bonds. The number of nitrogen functional groups attached to an aromatic ring is 1. The van der Waals surface area contributed by atoms with Crippen molar-refractivity contribution in [2.45, 2.75) is 50.9 Å². The van der Waals surface area contributed by atoms with Gasteiger partial charge in [0, 0.05) is 87.6 Å². The van der Waals surface area contributed by atoms with E-state index in [2.05, 4.69) is 50.8 Å². The molecule has 0 aliphatic carbocycles. The second kappa shape index (κ2) is 25.7. The van der Waals surface area contributed by atoms with Crippen LogP contribution in [0.15, 0.2) is 122 Å². The van der Waals surface area contributed by atoms with Gasteiger partial charge in [0.05, 0.1) is 52.5 Å². The number of morpholine rings is 1. The molecule has 3 aliphatic heterocycles. The van der Waals surface area contributed by atoms with Gasteiger partial charge in [0.2, 0.25) is 11.9 Å². The Kier molecular flexibility index (Phi) is 18.1. The molecule has 0 unspecified atom stereocenters. The number of halogens is 6. The van der Waals surface area contributed by atoms with Crippen LogP contribution in [0, 0.1) is 0 Å². The van der Waals surface area contributed by atoms with Crippen molar-refractivity contribution in [3.8, 4) is 11.4 Å². The topological polar surface area (TPSA) is 214 Å². The van der Waals surface area contributed by atoms with Crippen LogP contribution in [-0.4, -0.2) is 136 Å². The van der Waals surface area contributed by atoms with Gasteiger partial charge >= 0.3 is 12.4 Å². The molecular weight excluding hydrogens is 1070 g/mol. The SMILES string of the molecule is CN(CCN1CCOCC1)C(=O)c1cccc(C(=O)Nc2ccc(N3CCCCC3)cc2C(=O)Nc2ncn(-c3cccc(C(F)(F)F)c3)n2)c1.Nc1ccc(N2CCCCC2)cc1C(=O)Nc1ncn(-c2cccc(C(F)(F)F)c2)n1. The van der Waals surface area contributed by atoms with Gasteiger partial charge in [-0.2, -0.15) is 36.3 Å². The van der Waals surface area contributed by atoms with Crippen molar-refractivity contribution in [1.82, 2.24) is 39.3 Å². The first-order valence-electron chi connectivity index (χ1n) is 26.7. The number of nitrogens with two attached hydrogens (primary N) is 1. The summed E-state index contributed by atoms with van der Waals surface area (Å²) in [5, 5.41) is 16.2. The van der Waals surface area contributed by atoms with Gasteiger partial charge in [-0.25, -0.2) is 9.36 Å². The van der Waals surface area contributed by atoms with E-state index in [9.17, 15) is 45.5 Å². The summed E-state index contributed by atoms with van der Waals surface area (Å²) in [6.45, 7) is 7.69. The Morgan fingerprint density at radius 3 is 1.61 bits per heavy atom. The monoisotopic (exact) mass is 1130 g/mol. The Morgan fingerprint density at radius 1 is 0.561 bits per heavy atom. The molecule has 0 atom stereocenters. The van der Waals surface area contributed by atoms with Gasteiger partial charge in [0.25, 0.3) is 23.6 Å². The fraction of sp³-hybridized carbons (Fsp3) is 0.333. The molecule has 0 radical (unpaired) electrons. The lowest BCUT2D eigenvalue weighted by molar-refractivity contribution is -0.138. The van der Waals surface area contributed by atoms with E-state index < -0.39 is 41.2 Å². The molecular formula is C57H60F6N14O5. The van der Waals surface area contributed by atoms with Gasteiger partial charge in [-0.1, -0.05) is 18.2 Å². The van der Waals surface area contributed by atoms with Crippen LogP contribution in [0.5, 0.6) is 0 Å². The summed E-state index contributed by atoms with van der Waals surface area (Å²) in [6, 6.07) is 26.2. The summed E-state index contributed by atoms with van der Waals surface area (Å²) < 4.78 is 86.3. The maximum absolute atomic E-state index is 13.7. The van der Waals surface area contributed by atoms with Gasteiger partial charge in [-0.15, -0.1) is 10.2 Å². The number of rotatable bonds is 14. The number of hydrogen-bond acceptors (Lipinski definition) is 13. The maximum atomic E-state index is 13.7. The fourth-order valence-electron chi connectivity index (χ4n) is 9.57. The molecule has 82 heavy (non-hydrogen) atoms. The lowest BCUT2D eigenvalue weighted by Gasteiger charge is -2.29. The highest BCUT2D eigenvalue weighted by molar-refractivity contribution is 6.13. The molecule has 0 bridgehead atoms. The number of aromatic nitrogens is 6. The van der Waals surface area contributed by atoms with E-state index in [0.29, 0.717) is 43.1 Å². The van der Waals surface area contributed by atoms with Gasteiger partial charge in [0.15, 0.2) is 0 Å². The molecule has 2 aromatic heterocycles. The highest BCUT2D eigenvalue weighted by Crippen LogP contribution is 2.33. The molecule has 0 spiro atoms. The van der Waals surface area contributed by atoms with Crippen LogP contribution in [0.2, 0.25) is 0 Å². The van der Waals surface area contributed by atoms with Crippen molar-refractivity contribution in [2.75, 3.05) is 104 Å². The Hall–Kier alpha value is -8.84. The maximum Gasteiger partial charge on any atom is 0.416 e. The first kappa shape index (κ1) is 57.8. The Balaban J connectivity index is 0.000000223. The van der Waals surface area contributed by atoms with Crippen LogP contribution in [0.25, 0.3) is 11.4 Å². The lowest BCUT2D eigenvalue weighted by Crippen LogP contribution is -2.41. The number of ether oxygens (including phenoxy) is 1. The minimum absolute atomic E-state index is 0.0369. The second-order valence-corrected chi connectivity index (χ2v) is 19.8. The summed E-state index contributed by atoms with van der Waals surface area (Å²) >= 11 is 0. The summed E-state index contributed by atoms with van der Waals surface area (Å²) in [5.41, 5.74) is 7.90. The van der Waals surface area contributed by atoms with E-state index in [1.54, 1.807) is 54.4 Å². The molecule has 5 aromatic carbocycles. The van der Waals surface area contributed by atoms with Gasteiger partial charge < -0.3 is 30.5 Å². The quantitative estimate of drug-likeness (QED) is 0.0591. The normalized spacial score (nSPS) is 15.0. The van der Waals surface area contributed by atoms with Gasteiger partial charge in [0.1, 0.15) is 12.7 Å². The van der Waals surface area contributed by atoms with Crippen molar-refractivity contribution in [1.29, 1.82) is 0 Å². The van der Waals surface area contributed by atoms with Crippen LogP contribution < -0.4 is 31.5 Å². The number of amides is 4. The summed E-state index contributed by atoms with van der Waals surface area (Å²) in [6.07, 6.45) is -0.0452. The standard InChI is InChI=1S/C36H39F3N8O4.C21H21F3N6O/c1-44(15-16-45-17-19-51-20-18-45)34(50)26-8-5-7-25(21-26)32(48)41-31-12-11-28(46-13-3-2-4-14-46)23-30(31)33(49)42-35-40-24-47(43-35)29-10-6-9-27(22-29)36(37,38)39;22-21(23,24)14-5-4-6-16(11-14)30-13-26-20(28-30)27-19(31)17-12-15(7-8-18(17)25)29-9-2-1-3-10-29/h5-12,21-24H,2-4,13-20H2,1H3,(H,41,48)(H,42,43,49);4-8,11-13H,1-3,9-10,25H2,(H,27,28,31). The number of hydrogen-bond donors (Lipinski definition) is 4. The van der Waals surface area contributed by atoms with Crippen molar-refractivity contribution in [2.24, 2.45) is 0 Å². The van der Waals surface area contributed by atoms with E-state index in [-0.39, 0.29) is 46.0 Å². The van der Waals surface area contributed by atoms with Crippen molar-refractivity contribution in [3.05, 3.63) is 155 Å². The molecule has 3 saturated heterocycles. The predicted octanol–water partition coefficient (Wildman–Crippen LogP) is 9.30. The molecule has 10 rings (SSSR count). The van der Waals surface area contributed by atoms with Crippen LogP contribution in [0.4, 0.5) is 61.0 Å². The Morgan fingerprint density at radius 2 is 1.06 bits per heavy atom. The third-order valence-corrected chi connectivity index (χ3v) is 14.1. The summed E-state index contributed by atoms with van der Waals surface area (Å²) in [7, 11) is 1.72. The van der Waals surface area contributed by atoms with Crippen LogP contribution >= 0.6 is 0 Å². The lowest BCUT2D eigenvalue weighted by atomic mass is 10.1. The van der Waals surface area contributed by atoms with Gasteiger partial charge in [-0.3, -0.25) is 34.7 Å². The highest BCUT2D eigenvalue weighted by Gasteiger charge is 2.32. The smallest absolute Gasteiger partial charge is 0.398 e. The average molecular weight is 1140 g/mol. The number of benzene rings is 5. The largest absolute Gasteiger partial charge is 0.416 e. The summed E-state index contributed by atoms with van der Waals surface area (Å²) in [5.74, 6) is -2.03. The number of alkyl halides is 6. The van der Waals surface area contributed by atoms with E-state index in [1.807, 2.05) is 12.1 Å². The van der Waals surface area contributed by atoms with E-state index >= 15 is 0 Å². The van der Waals surface area contributed by atoms with Crippen molar-refractivity contribution in [3.63, 3.8) is 0 Å².